The first-order chi connectivity index (χ1) is 13.2. The zero-order chi connectivity index (χ0) is 20.3. The van der Waals surface area contributed by atoms with Gasteiger partial charge in [0.05, 0.1) is 0 Å². The lowest BCUT2D eigenvalue weighted by Crippen LogP contribution is -2.33. The van der Waals surface area contributed by atoms with E-state index in [1.54, 1.807) is 0 Å². The van der Waals surface area contributed by atoms with E-state index in [2.05, 4.69) is 55.2 Å². The van der Waals surface area contributed by atoms with Gasteiger partial charge in [-0.15, -0.1) is 0 Å². The molecule has 5 nitrogen and oxygen atoms in total. The second kappa shape index (κ2) is 7.72. The van der Waals surface area contributed by atoms with Crippen LogP contribution in [0.5, 0.6) is 11.5 Å². The number of hydrogen-bond acceptors (Lipinski definition) is 3. The number of pyridine rings is 1. The van der Waals surface area contributed by atoms with Crippen molar-refractivity contribution in [1.29, 1.82) is 0 Å². The van der Waals surface area contributed by atoms with Gasteiger partial charge in [-0.2, -0.15) is 0 Å². The molecule has 0 saturated heterocycles. The van der Waals surface area contributed by atoms with Gasteiger partial charge in [0.1, 0.15) is 0 Å². The number of benzene rings is 2. The van der Waals surface area contributed by atoms with E-state index in [1.807, 2.05) is 24.3 Å². The molecular formula is C23H25N2O3+. The van der Waals surface area contributed by atoms with E-state index < -0.39 is 0 Å². The lowest BCUT2D eigenvalue weighted by Gasteiger charge is -2.17. The van der Waals surface area contributed by atoms with Crippen LogP contribution in [-0.2, 0) is 12.0 Å². The third-order valence-corrected chi connectivity index (χ3v) is 4.54. The van der Waals surface area contributed by atoms with Crippen molar-refractivity contribution < 1.29 is 19.6 Å². The zero-order valence-corrected chi connectivity index (χ0v) is 16.3. The van der Waals surface area contributed by atoms with Crippen LogP contribution < -0.4 is 9.88 Å². The van der Waals surface area contributed by atoms with Crippen LogP contribution in [-0.4, -0.2) is 16.1 Å². The number of phenols is 2. The molecular weight excluding hydrogens is 352 g/mol. The number of amides is 1. The minimum Gasteiger partial charge on any atom is -0.504 e. The van der Waals surface area contributed by atoms with E-state index in [0.29, 0.717) is 12.2 Å². The van der Waals surface area contributed by atoms with E-state index in [4.69, 9.17) is 0 Å². The minimum atomic E-state index is -0.352. The number of hydrogen-bond donors (Lipinski definition) is 3. The molecule has 144 valence electrons. The molecule has 1 aromatic heterocycles. The standard InChI is InChI=1S/C23H24N2O3/c1-23(2,3)18-9-11-25(12-10-18)15-16-5-4-6-19(13-16)24-22(28)17-7-8-20(26)21(27)14-17/h4-14H,15H2,1-3H3,(H2-,24,26,27,28)/p+1. The molecule has 0 atom stereocenters. The van der Waals surface area contributed by atoms with Crippen LogP contribution in [0.3, 0.4) is 0 Å². The van der Waals surface area contributed by atoms with Gasteiger partial charge in [-0.05, 0) is 41.3 Å². The van der Waals surface area contributed by atoms with Crippen LogP contribution in [0.25, 0.3) is 0 Å². The van der Waals surface area contributed by atoms with Crippen LogP contribution in [0.1, 0.15) is 42.3 Å². The van der Waals surface area contributed by atoms with Gasteiger partial charge in [0.15, 0.2) is 30.4 Å². The smallest absolute Gasteiger partial charge is 0.255 e. The molecule has 0 aliphatic rings. The van der Waals surface area contributed by atoms with Crippen molar-refractivity contribution in [2.45, 2.75) is 32.7 Å². The first-order valence-electron chi connectivity index (χ1n) is 9.14. The van der Waals surface area contributed by atoms with Gasteiger partial charge >= 0.3 is 0 Å². The van der Waals surface area contributed by atoms with Crippen molar-refractivity contribution >= 4 is 11.6 Å². The number of aromatic hydroxyl groups is 2. The minimum absolute atomic E-state index is 0.117. The lowest BCUT2D eigenvalue weighted by atomic mass is 9.88. The Kier molecular flexibility index (Phi) is 5.36. The molecule has 0 aliphatic carbocycles. The third kappa shape index (κ3) is 4.68. The molecule has 0 radical (unpaired) electrons. The van der Waals surface area contributed by atoms with Crippen molar-refractivity contribution in [3.63, 3.8) is 0 Å². The molecule has 1 heterocycles. The highest BCUT2D eigenvalue weighted by Gasteiger charge is 2.15. The Morgan fingerprint density at radius 3 is 2.32 bits per heavy atom. The maximum Gasteiger partial charge on any atom is 0.255 e. The number of nitrogens with zero attached hydrogens (tertiary/aromatic N) is 1. The summed E-state index contributed by atoms with van der Waals surface area (Å²) < 4.78 is 2.09. The Bertz CT molecular complexity index is 989. The van der Waals surface area contributed by atoms with E-state index in [1.165, 1.54) is 23.8 Å². The van der Waals surface area contributed by atoms with Crippen molar-refractivity contribution in [2.75, 3.05) is 5.32 Å². The predicted molar refractivity (Wildman–Crippen MR) is 109 cm³/mol. The normalized spacial score (nSPS) is 11.2. The highest BCUT2D eigenvalue weighted by atomic mass is 16.3. The van der Waals surface area contributed by atoms with Gasteiger partial charge in [-0.3, -0.25) is 4.79 Å². The number of phenolic OH excluding ortho intramolecular Hbond substituents is 2. The van der Waals surface area contributed by atoms with Crippen LogP contribution >= 0.6 is 0 Å². The highest BCUT2D eigenvalue weighted by molar-refractivity contribution is 6.04. The van der Waals surface area contributed by atoms with Crippen molar-refractivity contribution in [3.05, 3.63) is 83.7 Å². The predicted octanol–water partition coefficient (Wildman–Crippen LogP) is 3.98. The summed E-state index contributed by atoms with van der Waals surface area (Å²) in [5.41, 5.74) is 3.39. The molecule has 3 aromatic rings. The molecule has 5 heteroatoms. The number of rotatable bonds is 4. The van der Waals surface area contributed by atoms with Crippen LogP contribution in [0.2, 0.25) is 0 Å². The number of nitrogens with one attached hydrogen (secondary N) is 1. The van der Waals surface area contributed by atoms with E-state index in [0.717, 1.165) is 5.56 Å². The summed E-state index contributed by atoms with van der Waals surface area (Å²) in [4.78, 5) is 12.4. The maximum atomic E-state index is 12.4. The molecule has 0 spiro atoms. The monoisotopic (exact) mass is 377 g/mol. The Balaban J connectivity index is 1.71. The molecule has 2 aromatic carbocycles. The fourth-order valence-corrected chi connectivity index (χ4v) is 2.89. The van der Waals surface area contributed by atoms with Crippen molar-refractivity contribution in [1.82, 2.24) is 0 Å². The topological polar surface area (TPSA) is 73.4 Å². The summed E-state index contributed by atoms with van der Waals surface area (Å²) in [6.07, 6.45) is 4.12. The summed E-state index contributed by atoms with van der Waals surface area (Å²) in [5, 5.41) is 21.7. The fraction of sp³-hybridized carbons (Fsp3) is 0.217. The molecule has 0 unspecified atom stereocenters. The van der Waals surface area contributed by atoms with Crippen LogP contribution in [0.4, 0.5) is 5.69 Å². The molecule has 0 fully saturated rings. The number of aromatic nitrogens is 1. The quantitative estimate of drug-likeness (QED) is 0.476. The number of carbonyl (C=O) groups excluding carboxylic acids is 1. The molecule has 3 rings (SSSR count). The summed E-state index contributed by atoms with van der Waals surface area (Å²) in [7, 11) is 0. The van der Waals surface area contributed by atoms with E-state index in [-0.39, 0.29) is 28.4 Å². The zero-order valence-electron chi connectivity index (χ0n) is 16.3. The van der Waals surface area contributed by atoms with Gasteiger partial charge in [0.2, 0.25) is 0 Å². The van der Waals surface area contributed by atoms with Gasteiger partial charge in [-0.1, -0.05) is 32.9 Å². The molecule has 0 saturated carbocycles. The summed E-state index contributed by atoms with van der Waals surface area (Å²) in [6, 6.07) is 15.9. The molecule has 28 heavy (non-hydrogen) atoms. The average molecular weight is 377 g/mol. The maximum absolute atomic E-state index is 12.4. The second-order valence-electron chi connectivity index (χ2n) is 7.87. The van der Waals surface area contributed by atoms with Gasteiger partial charge in [0, 0.05) is 28.9 Å². The van der Waals surface area contributed by atoms with Gasteiger partial charge < -0.3 is 15.5 Å². The summed E-state index contributed by atoms with van der Waals surface area (Å²) in [6.45, 7) is 7.25. The largest absolute Gasteiger partial charge is 0.504 e. The second-order valence-corrected chi connectivity index (χ2v) is 7.87. The van der Waals surface area contributed by atoms with E-state index in [9.17, 15) is 15.0 Å². The van der Waals surface area contributed by atoms with Crippen LogP contribution in [0, 0.1) is 0 Å². The number of carbonyl (C=O) groups is 1. The molecule has 3 N–H and O–H groups in total. The van der Waals surface area contributed by atoms with Crippen molar-refractivity contribution in [3.8, 4) is 11.5 Å². The Labute approximate surface area is 164 Å². The molecule has 0 aliphatic heterocycles. The Morgan fingerprint density at radius 2 is 1.68 bits per heavy atom. The highest BCUT2D eigenvalue weighted by Crippen LogP contribution is 2.25. The molecule has 1 amide bonds. The van der Waals surface area contributed by atoms with Crippen LogP contribution in [0.15, 0.2) is 67.0 Å². The Hall–Kier alpha value is -3.34. The number of anilines is 1. The van der Waals surface area contributed by atoms with E-state index >= 15 is 0 Å². The van der Waals surface area contributed by atoms with Gasteiger partial charge in [0.25, 0.3) is 5.91 Å². The third-order valence-electron chi connectivity index (χ3n) is 4.54. The summed E-state index contributed by atoms with van der Waals surface area (Å²) in [5.74, 6) is -0.931. The Morgan fingerprint density at radius 1 is 0.964 bits per heavy atom. The lowest BCUT2D eigenvalue weighted by molar-refractivity contribution is -0.688. The fourth-order valence-electron chi connectivity index (χ4n) is 2.89. The first kappa shape index (κ1) is 19.4. The van der Waals surface area contributed by atoms with Crippen molar-refractivity contribution in [2.24, 2.45) is 0 Å². The summed E-state index contributed by atoms with van der Waals surface area (Å²) >= 11 is 0. The van der Waals surface area contributed by atoms with Gasteiger partial charge in [-0.25, -0.2) is 4.57 Å². The first-order valence-corrected chi connectivity index (χ1v) is 9.14. The SMILES string of the molecule is CC(C)(C)c1cc[n+](Cc2cccc(NC(=O)c3ccc(O)c(O)c3)c2)cc1. The molecule has 0 bridgehead atoms. The average Bonchev–Trinajstić information content (AvgIpc) is 2.64.